The van der Waals surface area contributed by atoms with Gasteiger partial charge < -0.3 is 18.9 Å². The molecular formula is C10H22O4. The molecule has 4 heteroatoms. The summed E-state index contributed by atoms with van der Waals surface area (Å²) in [7, 11) is 3.34. The highest BCUT2D eigenvalue weighted by molar-refractivity contribution is 4.46. The third-order valence-corrected chi connectivity index (χ3v) is 1.67. The first-order valence-electron chi connectivity index (χ1n) is 4.98. The standard InChI is InChI=1S/C10H22O4/c1-10(9-12-3)14-6-4-5-13-8-7-11-2/h10H,4-9H2,1-3H3. The Morgan fingerprint density at radius 2 is 1.71 bits per heavy atom. The van der Waals surface area contributed by atoms with Gasteiger partial charge in [-0.15, -0.1) is 0 Å². The maximum Gasteiger partial charge on any atom is 0.0780 e. The molecule has 0 amide bonds. The first-order chi connectivity index (χ1) is 6.81. The molecule has 0 fully saturated rings. The van der Waals surface area contributed by atoms with Crippen molar-refractivity contribution >= 4 is 0 Å². The first-order valence-corrected chi connectivity index (χ1v) is 4.98. The Labute approximate surface area is 86.5 Å². The van der Waals surface area contributed by atoms with Crippen LogP contribution in [0.1, 0.15) is 13.3 Å². The van der Waals surface area contributed by atoms with Gasteiger partial charge in [-0.05, 0) is 13.3 Å². The summed E-state index contributed by atoms with van der Waals surface area (Å²) in [6, 6.07) is 0. The monoisotopic (exact) mass is 206 g/mol. The maximum atomic E-state index is 5.45. The van der Waals surface area contributed by atoms with Crippen LogP contribution in [0.4, 0.5) is 0 Å². The Morgan fingerprint density at radius 1 is 0.929 bits per heavy atom. The zero-order valence-corrected chi connectivity index (χ0v) is 9.45. The van der Waals surface area contributed by atoms with E-state index in [1.807, 2.05) is 6.92 Å². The van der Waals surface area contributed by atoms with Gasteiger partial charge in [-0.3, -0.25) is 0 Å². The Bertz CT molecular complexity index is 108. The lowest BCUT2D eigenvalue weighted by molar-refractivity contribution is -0.00389. The largest absolute Gasteiger partial charge is 0.382 e. The van der Waals surface area contributed by atoms with Gasteiger partial charge >= 0.3 is 0 Å². The molecule has 0 aromatic heterocycles. The number of methoxy groups -OCH3 is 2. The fourth-order valence-electron chi connectivity index (χ4n) is 0.973. The Morgan fingerprint density at radius 3 is 2.36 bits per heavy atom. The van der Waals surface area contributed by atoms with Crippen LogP contribution in [0.25, 0.3) is 0 Å². The van der Waals surface area contributed by atoms with Crippen molar-refractivity contribution in [1.82, 2.24) is 0 Å². The number of hydrogen-bond donors (Lipinski definition) is 0. The first kappa shape index (κ1) is 13.8. The SMILES string of the molecule is COCCOCCCOC(C)COC. The number of ether oxygens (including phenoxy) is 4. The lowest BCUT2D eigenvalue weighted by Crippen LogP contribution is -2.16. The predicted molar refractivity (Wildman–Crippen MR) is 54.6 cm³/mol. The molecule has 0 aliphatic rings. The molecule has 1 unspecified atom stereocenters. The van der Waals surface area contributed by atoms with Crippen LogP contribution in [0.2, 0.25) is 0 Å². The summed E-state index contributed by atoms with van der Waals surface area (Å²) in [5.74, 6) is 0. The maximum absolute atomic E-state index is 5.45. The van der Waals surface area contributed by atoms with Crippen LogP contribution in [-0.2, 0) is 18.9 Å². The summed E-state index contributed by atoms with van der Waals surface area (Å²) in [6.45, 7) is 5.39. The Balaban J connectivity index is 2.98. The van der Waals surface area contributed by atoms with Crippen LogP contribution in [0.3, 0.4) is 0 Å². The van der Waals surface area contributed by atoms with Gasteiger partial charge in [0.15, 0.2) is 0 Å². The van der Waals surface area contributed by atoms with E-state index in [0.717, 1.165) is 19.6 Å². The molecule has 0 bridgehead atoms. The van der Waals surface area contributed by atoms with Gasteiger partial charge in [0, 0.05) is 27.4 Å². The molecule has 0 spiro atoms. The van der Waals surface area contributed by atoms with E-state index in [1.165, 1.54) is 0 Å². The van der Waals surface area contributed by atoms with Crippen LogP contribution in [-0.4, -0.2) is 53.4 Å². The molecule has 86 valence electrons. The van der Waals surface area contributed by atoms with Crippen molar-refractivity contribution in [3.05, 3.63) is 0 Å². The zero-order chi connectivity index (χ0) is 10.6. The number of hydrogen-bond acceptors (Lipinski definition) is 4. The van der Waals surface area contributed by atoms with Crippen LogP contribution < -0.4 is 0 Å². The summed E-state index contributed by atoms with van der Waals surface area (Å²) < 4.78 is 20.5. The molecule has 0 saturated heterocycles. The quantitative estimate of drug-likeness (QED) is 0.501. The van der Waals surface area contributed by atoms with Gasteiger partial charge in [-0.25, -0.2) is 0 Å². The van der Waals surface area contributed by atoms with Crippen LogP contribution in [0.15, 0.2) is 0 Å². The van der Waals surface area contributed by atoms with Gasteiger partial charge in [-0.1, -0.05) is 0 Å². The number of rotatable bonds is 10. The minimum atomic E-state index is 0.166. The summed E-state index contributed by atoms with van der Waals surface area (Å²) in [5.41, 5.74) is 0. The molecular weight excluding hydrogens is 184 g/mol. The van der Waals surface area contributed by atoms with Gasteiger partial charge in [0.25, 0.3) is 0 Å². The smallest absolute Gasteiger partial charge is 0.0780 e. The summed E-state index contributed by atoms with van der Waals surface area (Å²) in [6.07, 6.45) is 1.08. The fourth-order valence-corrected chi connectivity index (χ4v) is 0.973. The van der Waals surface area contributed by atoms with E-state index >= 15 is 0 Å². The van der Waals surface area contributed by atoms with E-state index in [1.54, 1.807) is 14.2 Å². The topological polar surface area (TPSA) is 36.9 Å². The molecule has 1 atom stereocenters. The molecule has 0 aliphatic carbocycles. The second kappa shape index (κ2) is 10.9. The van der Waals surface area contributed by atoms with E-state index in [4.69, 9.17) is 18.9 Å². The minimum absolute atomic E-state index is 0.166. The van der Waals surface area contributed by atoms with E-state index in [-0.39, 0.29) is 6.10 Å². The van der Waals surface area contributed by atoms with Crippen molar-refractivity contribution in [2.45, 2.75) is 19.4 Å². The summed E-state index contributed by atoms with van der Waals surface area (Å²) in [4.78, 5) is 0. The van der Waals surface area contributed by atoms with Crippen LogP contribution in [0, 0.1) is 0 Å². The summed E-state index contributed by atoms with van der Waals surface area (Å²) >= 11 is 0. The molecule has 0 rings (SSSR count). The molecule has 4 nitrogen and oxygen atoms in total. The lowest BCUT2D eigenvalue weighted by Gasteiger charge is -2.11. The fraction of sp³-hybridized carbons (Fsp3) is 1.00. The molecule has 0 saturated carbocycles. The van der Waals surface area contributed by atoms with Gasteiger partial charge in [-0.2, -0.15) is 0 Å². The van der Waals surface area contributed by atoms with Gasteiger partial charge in [0.1, 0.15) is 0 Å². The van der Waals surface area contributed by atoms with E-state index in [0.29, 0.717) is 19.8 Å². The molecule has 0 heterocycles. The van der Waals surface area contributed by atoms with Crippen LogP contribution >= 0.6 is 0 Å². The van der Waals surface area contributed by atoms with Crippen molar-refractivity contribution in [3.63, 3.8) is 0 Å². The Kier molecular flexibility index (Phi) is 10.8. The zero-order valence-electron chi connectivity index (χ0n) is 9.45. The van der Waals surface area contributed by atoms with E-state index in [2.05, 4.69) is 0 Å². The van der Waals surface area contributed by atoms with Crippen molar-refractivity contribution in [2.24, 2.45) is 0 Å². The van der Waals surface area contributed by atoms with E-state index < -0.39 is 0 Å². The van der Waals surface area contributed by atoms with Gasteiger partial charge in [0.2, 0.25) is 0 Å². The third-order valence-electron chi connectivity index (χ3n) is 1.67. The Hall–Kier alpha value is -0.160. The van der Waals surface area contributed by atoms with Crippen molar-refractivity contribution < 1.29 is 18.9 Å². The van der Waals surface area contributed by atoms with Crippen molar-refractivity contribution in [2.75, 3.05) is 47.3 Å². The summed E-state index contributed by atoms with van der Waals surface area (Å²) in [5, 5.41) is 0. The normalized spacial score (nSPS) is 13.1. The average molecular weight is 206 g/mol. The second-order valence-electron chi connectivity index (χ2n) is 3.10. The molecule has 14 heavy (non-hydrogen) atoms. The minimum Gasteiger partial charge on any atom is -0.382 e. The molecule has 0 aromatic rings. The third kappa shape index (κ3) is 9.92. The molecule has 0 aromatic carbocycles. The highest BCUT2D eigenvalue weighted by Gasteiger charge is 1.99. The van der Waals surface area contributed by atoms with Crippen molar-refractivity contribution in [1.29, 1.82) is 0 Å². The van der Waals surface area contributed by atoms with Crippen molar-refractivity contribution in [3.8, 4) is 0 Å². The highest BCUT2D eigenvalue weighted by atomic mass is 16.5. The second-order valence-corrected chi connectivity index (χ2v) is 3.10. The average Bonchev–Trinajstić information content (AvgIpc) is 2.17. The van der Waals surface area contributed by atoms with Crippen LogP contribution in [0.5, 0.6) is 0 Å². The molecule has 0 radical (unpaired) electrons. The predicted octanol–water partition coefficient (Wildman–Crippen LogP) is 1.09. The molecule has 0 N–H and O–H groups in total. The highest BCUT2D eigenvalue weighted by Crippen LogP contribution is 1.93. The molecule has 0 aliphatic heterocycles. The van der Waals surface area contributed by atoms with Gasteiger partial charge in [0.05, 0.1) is 25.9 Å². The lowest BCUT2D eigenvalue weighted by atomic mass is 10.4. The van der Waals surface area contributed by atoms with E-state index in [9.17, 15) is 0 Å².